The third-order valence-electron chi connectivity index (χ3n) is 4.01. The van der Waals surface area contributed by atoms with Crippen molar-refractivity contribution in [1.29, 1.82) is 0 Å². The normalized spacial score (nSPS) is 13.0. The lowest BCUT2D eigenvalue weighted by atomic mass is 10.0. The maximum Gasteiger partial charge on any atom is 0.322 e. The first-order chi connectivity index (χ1) is 13.9. The van der Waals surface area contributed by atoms with Crippen molar-refractivity contribution in [3.8, 4) is 0 Å². The molecule has 0 aliphatic carbocycles. The Morgan fingerprint density at radius 2 is 1.83 bits per heavy atom. The van der Waals surface area contributed by atoms with Crippen LogP contribution in [0.3, 0.4) is 0 Å². The largest absolute Gasteiger partial charge is 0.481 e. The fraction of sp³-hybridized carbons (Fsp3) is 0.529. The van der Waals surface area contributed by atoms with Gasteiger partial charge in [-0.2, -0.15) is 0 Å². The summed E-state index contributed by atoms with van der Waals surface area (Å²) in [5, 5.41) is 24.4. The van der Waals surface area contributed by atoms with E-state index in [-0.39, 0.29) is 12.8 Å². The molecule has 30 heavy (non-hydrogen) atoms. The molecule has 0 bridgehead atoms. The zero-order valence-electron chi connectivity index (χ0n) is 16.6. The van der Waals surface area contributed by atoms with Crippen molar-refractivity contribution in [3.05, 3.63) is 18.2 Å². The van der Waals surface area contributed by atoms with Gasteiger partial charge in [0.2, 0.25) is 17.7 Å². The molecule has 13 heteroatoms. The van der Waals surface area contributed by atoms with Crippen LogP contribution in [0.4, 0.5) is 0 Å². The Morgan fingerprint density at radius 1 is 1.17 bits per heavy atom. The number of nitrogens with one attached hydrogen (secondary N) is 4. The van der Waals surface area contributed by atoms with Gasteiger partial charge in [-0.1, -0.05) is 0 Å². The molecule has 1 rings (SSSR count). The third kappa shape index (κ3) is 8.26. The van der Waals surface area contributed by atoms with Crippen molar-refractivity contribution in [2.75, 3.05) is 6.54 Å². The highest BCUT2D eigenvalue weighted by Crippen LogP contribution is 2.07. The average molecular weight is 426 g/mol. The van der Waals surface area contributed by atoms with Gasteiger partial charge in [0, 0.05) is 19.0 Å². The van der Waals surface area contributed by atoms with E-state index in [9.17, 15) is 24.0 Å². The number of aromatic amines is 1. The minimum absolute atomic E-state index is 0.131. The number of carbonyl (C=O) groups is 5. The van der Waals surface area contributed by atoms with Crippen LogP contribution in [0.5, 0.6) is 0 Å². The summed E-state index contributed by atoms with van der Waals surface area (Å²) in [5.41, 5.74) is 4.90. The molecule has 0 radical (unpaired) electrons. The Balaban J connectivity index is 2.75. The van der Waals surface area contributed by atoms with Gasteiger partial charge < -0.3 is 36.9 Å². The number of carboxylic acids is 2. The highest BCUT2D eigenvalue weighted by atomic mass is 16.4. The van der Waals surface area contributed by atoms with Gasteiger partial charge in [-0.25, -0.2) is 4.98 Å². The zero-order chi connectivity index (χ0) is 22.9. The minimum atomic E-state index is -1.49. The number of rotatable bonds is 12. The second-order valence-corrected chi connectivity index (χ2v) is 7.06. The summed E-state index contributed by atoms with van der Waals surface area (Å²) in [5.74, 6) is -4.76. The molecule has 13 nitrogen and oxygen atoms in total. The molecule has 2 atom stereocenters. The topological polar surface area (TPSA) is 217 Å². The van der Waals surface area contributed by atoms with Crippen molar-refractivity contribution in [2.45, 2.75) is 50.7 Å². The maximum atomic E-state index is 12.6. The second-order valence-electron chi connectivity index (χ2n) is 7.06. The molecule has 0 fully saturated rings. The number of hydrogen-bond donors (Lipinski definition) is 7. The lowest BCUT2D eigenvalue weighted by Crippen LogP contribution is -2.61. The molecule has 0 unspecified atom stereocenters. The van der Waals surface area contributed by atoms with E-state index < -0.39 is 60.2 Å². The van der Waals surface area contributed by atoms with E-state index in [1.807, 2.05) is 0 Å². The van der Waals surface area contributed by atoms with Crippen LogP contribution in [0.1, 0.15) is 32.4 Å². The number of nitrogens with zero attached hydrogens (tertiary/aromatic N) is 1. The van der Waals surface area contributed by atoms with Gasteiger partial charge in [-0.3, -0.25) is 24.0 Å². The van der Waals surface area contributed by atoms with Crippen molar-refractivity contribution in [2.24, 2.45) is 5.73 Å². The number of nitrogens with two attached hydrogens (primary N) is 1. The molecule has 1 aromatic rings. The monoisotopic (exact) mass is 426 g/mol. The Labute approximate surface area is 171 Å². The summed E-state index contributed by atoms with van der Waals surface area (Å²) >= 11 is 0. The maximum absolute atomic E-state index is 12.6. The Bertz CT molecular complexity index is 778. The Morgan fingerprint density at radius 3 is 2.37 bits per heavy atom. The fourth-order valence-corrected chi connectivity index (χ4v) is 2.34. The lowest BCUT2D eigenvalue weighted by Gasteiger charge is -2.29. The fourth-order valence-electron chi connectivity index (χ4n) is 2.34. The van der Waals surface area contributed by atoms with E-state index in [0.717, 1.165) is 0 Å². The number of hydrogen-bond acceptors (Lipinski definition) is 7. The molecule has 0 aliphatic rings. The predicted molar refractivity (Wildman–Crippen MR) is 102 cm³/mol. The third-order valence-corrected chi connectivity index (χ3v) is 4.01. The van der Waals surface area contributed by atoms with Crippen LogP contribution in [-0.4, -0.2) is 74.0 Å². The van der Waals surface area contributed by atoms with Gasteiger partial charge in [-0.15, -0.1) is 0 Å². The van der Waals surface area contributed by atoms with Crippen molar-refractivity contribution >= 4 is 29.7 Å². The molecule has 8 N–H and O–H groups in total. The van der Waals surface area contributed by atoms with Gasteiger partial charge in [0.05, 0.1) is 18.1 Å². The SMILES string of the molecule is CC(C)(NC(=O)[C@@H](N)Cc1c[nH]cn1)C(=O)N[C@@H](CCC(=O)O)C(=O)NCC(=O)O. The molecule has 0 aromatic carbocycles. The van der Waals surface area contributed by atoms with Gasteiger partial charge >= 0.3 is 11.9 Å². The molecular formula is C17H26N6O7. The highest BCUT2D eigenvalue weighted by Gasteiger charge is 2.34. The van der Waals surface area contributed by atoms with E-state index in [4.69, 9.17) is 15.9 Å². The summed E-state index contributed by atoms with van der Waals surface area (Å²) in [6.07, 6.45) is 2.44. The molecule has 0 saturated carbocycles. The van der Waals surface area contributed by atoms with Gasteiger partial charge in [0.1, 0.15) is 18.1 Å². The first kappa shape index (κ1) is 24.6. The van der Waals surface area contributed by atoms with Crippen LogP contribution in [0, 0.1) is 0 Å². The average Bonchev–Trinajstić information content (AvgIpc) is 3.15. The van der Waals surface area contributed by atoms with Crippen molar-refractivity contribution < 1.29 is 34.2 Å². The van der Waals surface area contributed by atoms with Crippen LogP contribution in [0.15, 0.2) is 12.5 Å². The number of carboxylic acid groups (broad SMARTS) is 2. The molecular weight excluding hydrogens is 400 g/mol. The van der Waals surface area contributed by atoms with E-state index in [1.54, 1.807) is 6.20 Å². The summed E-state index contributed by atoms with van der Waals surface area (Å²) < 4.78 is 0. The summed E-state index contributed by atoms with van der Waals surface area (Å²) in [6.45, 7) is 2.07. The summed E-state index contributed by atoms with van der Waals surface area (Å²) in [6, 6.07) is -2.29. The zero-order valence-corrected chi connectivity index (χ0v) is 16.6. The number of aliphatic carboxylic acids is 2. The molecule has 0 spiro atoms. The standard InChI is InChI=1S/C17H26N6O7/c1-17(2,23-14(28)10(18)5-9-6-19-8-21-9)16(30)22-11(3-4-12(24)25)15(29)20-7-13(26)27/h6,8,10-11H,3-5,7,18H2,1-2H3,(H,19,21)(H,20,29)(H,22,30)(H,23,28)(H,24,25)(H,26,27)/t10-,11-/m0/s1. The Kier molecular flexibility index (Phi) is 8.92. The number of H-pyrrole nitrogens is 1. The van der Waals surface area contributed by atoms with Crippen LogP contribution in [-0.2, 0) is 30.4 Å². The molecule has 1 aromatic heterocycles. The van der Waals surface area contributed by atoms with Gasteiger partial charge in [0.15, 0.2) is 0 Å². The molecule has 0 aliphatic heterocycles. The number of amides is 3. The predicted octanol–water partition coefficient (Wildman–Crippen LogP) is -2.28. The Hall–Kier alpha value is -3.48. The van der Waals surface area contributed by atoms with E-state index >= 15 is 0 Å². The van der Waals surface area contributed by atoms with E-state index in [1.165, 1.54) is 20.2 Å². The first-order valence-electron chi connectivity index (χ1n) is 9.00. The van der Waals surface area contributed by atoms with Crippen molar-refractivity contribution in [3.63, 3.8) is 0 Å². The van der Waals surface area contributed by atoms with E-state index in [2.05, 4.69) is 25.9 Å². The highest BCUT2D eigenvalue weighted by molar-refractivity contribution is 5.95. The number of aromatic nitrogens is 2. The van der Waals surface area contributed by atoms with Crippen LogP contribution in [0.25, 0.3) is 0 Å². The molecule has 1 heterocycles. The number of imidazole rings is 1. The first-order valence-corrected chi connectivity index (χ1v) is 9.00. The summed E-state index contributed by atoms with van der Waals surface area (Å²) in [4.78, 5) is 65.2. The minimum Gasteiger partial charge on any atom is -0.481 e. The van der Waals surface area contributed by atoms with Crippen LogP contribution >= 0.6 is 0 Å². The summed E-state index contributed by atoms with van der Waals surface area (Å²) in [7, 11) is 0. The second kappa shape index (κ2) is 10.9. The quantitative estimate of drug-likeness (QED) is 0.191. The lowest BCUT2D eigenvalue weighted by molar-refractivity contribution is -0.140. The molecule has 166 valence electrons. The van der Waals surface area contributed by atoms with Gasteiger partial charge in [0.25, 0.3) is 0 Å². The molecule has 3 amide bonds. The van der Waals surface area contributed by atoms with Gasteiger partial charge in [-0.05, 0) is 20.3 Å². The van der Waals surface area contributed by atoms with Crippen LogP contribution < -0.4 is 21.7 Å². The van der Waals surface area contributed by atoms with Crippen LogP contribution in [0.2, 0.25) is 0 Å². The molecule has 0 saturated heterocycles. The van der Waals surface area contributed by atoms with Crippen molar-refractivity contribution in [1.82, 2.24) is 25.9 Å². The smallest absolute Gasteiger partial charge is 0.322 e. The number of carbonyl (C=O) groups excluding carboxylic acids is 3. The van der Waals surface area contributed by atoms with E-state index in [0.29, 0.717) is 5.69 Å².